The van der Waals surface area contributed by atoms with Gasteiger partial charge in [-0.3, -0.25) is 4.90 Å². The van der Waals surface area contributed by atoms with Crippen molar-refractivity contribution in [3.05, 3.63) is 42.1 Å². The van der Waals surface area contributed by atoms with Crippen LogP contribution in [0.5, 0.6) is 5.75 Å². The van der Waals surface area contributed by atoms with Gasteiger partial charge in [0.15, 0.2) is 0 Å². The van der Waals surface area contributed by atoms with Gasteiger partial charge in [0.25, 0.3) is 6.43 Å². The molecular formula is C17H22F2N2O. The third kappa shape index (κ3) is 3.30. The van der Waals surface area contributed by atoms with E-state index in [4.69, 9.17) is 0 Å². The Balaban J connectivity index is 2.23. The Bertz CT molecular complexity index is 651. The number of aryl methyl sites for hydroxylation is 1. The van der Waals surface area contributed by atoms with E-state index < -0.39 is 12.5 Å². The van der Waals surface area contributed by atoms with Crippen molar-refractivity contribution in [2.45, 2.75) is 32.7 Å². The molecule has 1 atom stereocenters. The van der Waals surface area contributed by atoms with Crippen LogP contribution in [0, 0.1) is 6.92 Å². The van der Waals surface area contributed by atoms with E-state index in [-0.39, 0.29) is 5.75 Å². The molecule has 1 unspecified atom stereocenters. The second-order valence-electron chi connectivity index (χ2n) is 5.54. The molecule has 0 saturated carbocycles. The highest BCUT2D eigenvalue weighted by Crippen LogP contribution is 2.30. The number of phenolic OH excluding ortho intramolecular Hbond substituents is 1. The fraction of sp³-hybridized carbons (Fsp3) is 0.412. The number of halogens is 2. The Labute approximate surface area is 129 Å². The first-order valence-corrected chi connectivity index (χ1v) is 7.38. The van der Waals surface area contributed by atoms with E-state index in [9.17, 15) is 13.9 Å². The van der Waals surface area contributed by atoms with Crippen molar-refractivity contribution < 1.29 is 13.9 Å². The van der Waals surface area contributed by atoms with Gasteiger partial charge in [0.2, 0.25) is 0 Å². The predicted molar refractivity (Wildman–Crippen MR) is 85.6 cm³/mol. The van der Waals surface area contributed by atoms with Crippen LogP contribution in [-0.4, -0.2) is 40.5 Å². The molecular weight excluding hydrogens is 286 g/mol. The molecule has 0 saturated heterocycles. The summed E-state index contributed by atoms with van der Waals surface area (Å²) in [5.74, 6) is 0.217. The molecule has 5 heteroatoms. The van der Waals surface area contributed by atoms with Crippen LogP contribution in [0.2, 0.25) is 0 Å². The minimum absolute atomic E-state index is 0.217. The molecule has 0 radical (unpaired) electrons. The molecule has 0 spiro atoms. The summed E-state index contributed by atoms with van der Waals surface area (Å²) in [6, 6.07) is 4.49. The number of aromatic nitrogens is 1. The van der Waals surface area contributed by atoms with E-state index in [0.717, 1.165) is 22.2 Å². The average molecular weight is 308 g/mol. The zero-order valence-corrected chi connectivity index (χ0v) is 12.9. The second kappa shape index (κ2) is 6.92. The molecule has 0 aliphatic heterocycles. The van der Waals surface area contributed by atoms with E-state index in [2.05, 4.69) is 11.6 Å². The van der Waals surface area contributed by atoms with E-state index >= 15 is 0 Å². The van der Waals surface area contributed by atoms with Gasteiger partial charge in [0.1, 0.15) is 5.75 Å². The van der Waals surface area contributed by atoms with Gasteiger partial charge >= 0.3 is 0 Å². The van der Waals surface area contributed by atoms with Crippen molar-refractivity contribution >= 4 is 10.9 Å². The average Bonchev–Trinajstić information content (AvgIpc) is 2.79. The van der Waals surface area contributed by atoms with Crippen molar-refractivity contribution in [2.24, 2.45) is 0 Å². The van der Waals surface area contributed by atoms with Crippen molar-refractivity contribution in [3.63, 3.8) is 0 Å². The summed E-state index contributed by atoms with van der Waals surface area (Å²) in [6.45, 7) is 7.99. The minimum atomic E-state index is -2.39. The third-order valence-electron chi connectivity index (χ3n) is 4.07. The highest BCUT2D eigenvalue weighted by molar-refractivity contribution is 5.90. The molecule has 0 amide bonds. The number of nitrogens with zero attached hydrogens (tertiary/aromatic N) is 1. The quantitative estimate of drug-likeness (QED) is 0.762. The van der Waals surface area contributed by atoms with E-state index in [0.29, 0.717) is 19.5 Å². The van der Waals surface area contributed by atoms with Gasteiger partial charge in [0, 0.05) is 29.7 Å². The Morgan fingerprint density at radius 1 is 1.41 bits per heavy atom. The normalized spacial score (nSPS) is 13.2. The van der Waals surface area contributed by atoms with Crippen molar-refractivity contribution in [3.8, 4) is 5.75 Å². The predicted octanol–water partition coefficient (Wildman–Crippen LogP) is 3.87. The first-order valence-electron chi connectivity index (χ1n) is 7.38. The summed E-state index contributed by atoms with van der Waals surface area (Å²) in [7, 11) is 0. The van der Waals surface area contributed by atoms with E-state index in [1.165, 1.54) is 6.92 Å². The number of hydrogen-bond donors (Lipinski definition) is 2. The van der Waals surface area contributed by atoms with Crippen molar-refractivity contribution in [2.75, 3.05) is 13.1 Å². The van der Waals surface area contributed by atoms with Crippen LogP contribution in [0.3, 0.4) is 0 Å². The van der Waals surface area contributed by atoms with Gasteiger partial charge in [-0.15, -0.1) is 6.58 Å². The topological polar surface area (TPSA) is 39.3 Å². The highest BCUT2D eigenvalue weighted by atomic mass is 19.3. The standard InChI is InChI=1S/C17H22F2N2O/c1-4-9-21(12(3)17(18)19)10-8-13-11(2)20-14-6-5-7-15(22)16(13)14/h4-7,12,17,20,22H,1,8-10H2,2-3H3. The summed E-state index contributed by atoms with van der Waals surface area (Å²) in [5.41, 5.74) is 2.80. The molecule has 2 rings (SSSR count). The van der Waals surface area contributed by atoms with Gasteiger partial charge in [-0.2, -0.15) is 0 Å². The molecule has 22 heavy (non-hydrogen) atoms. The lowest BCUT2D eigenvalue weighted by Gasteiger charge is -2.27. The number of fused-ring (bicyclic) bond motifs is 1. The molecule has 0 aliphatic rings. The van der Waals surface area contributed by atoms with Gasteiger partial charge in [0.05, 0.1) is 6.04 Å². The van der Waals surface area contributed by atoms with Gasteiger partial charge in [-0.05, 0) is 38.0 Å². The Hall–Kier alpha value is -1.88. The summed E-state index contributed by atoms with van der Waals surface area (Å²) in [6.07, 6.45) is -0.162. The number of phenols is 1. The largest absolute Gasteiger partial charge is 0.507 e. The van der Waals surface area contributed by atoms with E-state index in [1.807, 2.05) is 13.0 Å². The maximum atomic E-state index is 12.9. The van der Waals surface area contributed by atoms with E-state index in [1.54, 1.807) is 23.1 Å². The number of H-pyrrole nitrogens is 1. The van der Waals surface area contributed by atoms with Crippen LogP contribution in [0.1, 0.15) is 18.2 Å². The molecule has 0 aliphatic carbocycles. The fourth-order valence-electron chi connectivity index (χ4n) is 2.78. The maximum absolute atomic E-state index is 12.9. The summed E-state index contributed by atoms with van der Waals surface area (Å²) in [5, 5.41) is 10.8. The van der Waals surface area contributed by atoms with Gasteiger partial charge in [-0.25, -0.2) is 8.78 Å². The zero-order chi connectivity index (χ0) is 16.3. The molecule has 1 aromatic heterocycles. The minimum Gasteiger partial charge on any atom is -0.507 e. The molecule has 1 aromatic carbocycles. The smallest absolute Gasteiger partial charge is 0.253 e. The highest BCUT2D eigenvalue weighted by Gasteiger charge is 2.22. The first-order chi connectivity index (χ1) is 10.5. The van der Waals surface area contributed by atoms with Gasteiger partial charge in [-0.1, -0.05) is 12.1 Å². The van der Waals surface area contributed by atoms with Crippen LogP contribution in [0.25, 0.3) is 10.9 Å². The lowest BCUT2D eigenvalue weighted by molar-refractivity contribution is 0.0408. The second-order valence-corrected chi connectivity index (χ2v) is 5.54. The Morgan fingerprint density at radius 3 is 2.77 bits per heavy atom. The van der Waals surface area contributed by atoms with Crippen LogP contribution >= 0.6 is 0 Å². The molecule has 1 heterocycles. The fourth-order valence-corrected chi connectivity index (χ4v) is 2.78. The lowest BCUT2D eigenvalue weighted by atomic mass is 10.1. The van der Waals surface area contributed by atoms with Crippen molar-refractivity contribution in [1.82, 2.24) is 9.88 Å². The first kappa shape index (κ1) is 16.5. The maximum Gasteiger partial charge on any atom is 0.253 e. The number of aromatic hydroxyl groups is 1. The molecule has 0 fully saturated rings. The summed E-state index contributed by atoms with van der Waals surface area (Å²) >= 11 is 0. The summed E-state index contributed by atoms with van der Waals surface area (Å²) in [4.78, 5) is 4.93. The summed E-state index contributed by atoms with van der Waals surface area (Å²) < 4.78 is 25.9. The third-order valence-corrected chi connectivity index (χ3v) is 4.07. The zero-order valence-electron chi connectivity index (χ0n) is 12.9. The molecule has 120 valence electrons. The number of alkyl halides is 2. The number of benzene rings is 1. The number of aromatic amines is 1. The Kier molecular flexibility index (Phi) is 5.19. The monoisotopic (exact) mass is 308 g/mol. The van der Waals surface area contributed by atoms with Crippen LogP contribution in [-0.2, 0) is 6.42 Å². The Morgan fingerprint density at radius 2 is 2.14 bits per heavy atom. The van der Waals surface area contributed by atoms with Crippen LogP contribution in [0.4, 0.5) is 8.78 Å². The molecule has 0 bridgehead atoms. The number of nitrogens with one attached hydrogen (secondary N) is 1. The van der Waals surface area contributed by atoms with Gasteiger partial charge < -0.3 is 10.1 Å². The van der Waals surface area contributed by atoms with Crippen LogP contribution in [0.15, 0.2) is 30.9 Å². The SMILES string of the molecule is C=CCN(CCc1c(C)[nH]c2cccc(O)c12)C(C)C(F)F. The molecule has 2 aromatic rings. The van der Waals surface area contributed by atoms with Crippen LogP contribution < -0.4 is 0 Å². The lowest BCUT2D eigenvalue weighted by Crippen LogP contribution is -2.39. The van der Waals surface area contributed by atoms with Crippen molar-refractivity contribution in [1.29, 1.82) is 0 Å². The number of rotatable bonds is 7. The number of hydrogen-bond acceptors (Lipinski definition) is 2. The molecule has 3 nitrogen and oxygen atoms in total. The molecule has 2 N–H and O–H groups in total.